The van der Waals surface area contributed by atoms with Gasteiger partial charge < -0.3 is 15.5 Å². The number of piperazine rings is 1. The molecule has 0 saturated carbocycles. The number of hydrogen-bond acceptors (Lipinski definition) is 8. The van der Waals surface area contributed by atoms with Gasteiger partial charge in [0.2, 0.25) is 15.2 Å². The summed E-state index contributed by atoms with van der Waals surface area (Å²) in [5.74, 6) is 1.20. The summed E-state index contributed by atoms with van der Waals surface area (Å²) in [4.78, 5) is 9.13. The first-order valence-corrected chi connectivity index (χ1v) is 14.9. The van der Waals surface area contributed by atoms with Gasteiger partial charge in [-0.25, -0.2) is 13.4 Å². The number of rotatable bonds is 10. The van der Waals surface area contributed by atoms with E-state index >= 15 is 0 Å². The topological polar surface area (TPSA) is 95.7 Å². The van der Waals surface area contributed by atoms with Crippen LogP contribution in [-0.4, -0.2) is 74.0 Å². The molecule has 8 nitrogen and oxygen atoms in total. The molecule has 36 heavy (non-hydrogen) atoms. The Morgan fingerprint density at radius 1 is 1.06 bits per heavy atom. The Balaban J connectivity index is 1.51. The van der Waals surface area contributed by atoms with Crippen LogP contribution in [0.1, 0.15) is 29.3 Å². The Kier molecular flexibility index (Phi) is 8.71. The maximum Gasteiger partial charge on any atom is 0.214 e. The summed E-state index contributed by atoms with van der Waals surface area (Å²) in [6, 6.07) is 16.4. The molecule has 1 unspecified atom stereocenters. The first kappa shape index (κ1) is 26.7. The first-order valence-electron chi connectivity index (χ1n) is 12.0. The molecule has 1 aliphatic heterocycles. The average molecular weight is 549 g/mol. The van der Waals surface area contributed by atoms with Crippen molar-refractivity contribution in [1.82, 2.24) is 13.7 Å². The van der Waals surface area contributed by atoms with Crippen LogP contribution in [0.3, 0.4) is 0 Å². The number of alkyl halides is 1. The molecule has 1 saturated heterocycles. The number of sulfonamides is 1. The van der Waals surface area contributed by atoms with Crippen LogP contribution in [0.25, 0.3) is 0 Å². The van der Waals surface area contributed by atoms with E-state index in [2.05, 4.69) is 34.1 Å². The van der Waals surface area contributed by atoms with Gasteiger partial charge in [-0.2, -0.15) is 8.68 Å². The van der Waals surface area contributed by atoms with E-state index in [1.807, 2.05) is 38.4 Å². The largest absolute Gasteiger partial charge is 0.399 e. The van der Waals surface area contributed by atoms with Gasteiger partial charge in [0, 0.05) is 75.0 Å². The molecular weight excluding hydrogens is 516 g/mol. The third-order valence-corrected chi connectivity index (χ3v) is 9.43. The quantitative estimate of drug-likeness (QED) is 0.305. The van der Waals surface area contributed by atoms with Crippen molar-refractivity contribution in [3.05, 3.63) is 65.5 Å². The fraction of sp³-hybridized carbons (Fsp3) is 0.440. The van der Waals surface area contributed by atoms with E-state index in [-0.39, 0.29) is 11.7 Å². The zero-order chi connectivity index (χ0) is 25.7. The Morgan fingerprint density at radius 3 is 2.33 bits per heavy atom. The molecule has 0 aliphatic carbocycles. The van der Waals surface area contributed by atoms with Crippen molar-refractivity contribution in [3.63, 3.8) is 0 Å². The van der Waals surface area contributed by atoms with Crippen LogP contribution >= 0.6 is 23.1 Å². The van der Waals surface area contributed by atoms with Crippen molar-refractivity contribution < 1.29 is 8.42 Å². The lowest BCUT2D eigenvalue weighted by molar-refractivity contribution is 0.384. The predicted octanol–water partition coefficient (Wildman–Crippen LogP) is 3.64. The van der Waals surface area contributed by atoms with Crippen LogP contribution in [0, 0.1) is 0 Å². The van der Waals surface area contributed by atoms with Crippen molar-refractivity contribution in [2.45, 2.75) is 18.8 Å². The highest BCUT2D eigenvalue weighted by molar-refractivity contribution is 7.89. The van der Waals surface area contributed by atoms with Crippen molar-refractivity contribution >= 4 is 49.7 Å². The van der Waals surface area contributed by atoms with Crippen LogP contribution < -0.4 is 15.5 Å². The van der Waals surface area contributed by atoms with Gasteiger partial charge in [0.05, 0.1) is 5.75 Å². The highest BCUT2D eigenvalue weighted by atomic mass is 35.5. The summed E-state index contributed by atoms with van der Waals surface area (Å²) in [5, 5.41) is 0.825. The lowest BCUT2D eigenvalue weighted by Gasteiger charge is -2.33. The first-order chi connectivity index (χ1) is 17.3. The van der Waals surface area contributed by atoms with E-state index in [0.29, 0.717) is 38.5 Å². The minimum Gasteiger partial charge on any atom is -0.399 e. The summed E-state index contributed by atoms with van der Waals surface area (Å²) in [5.41, 5.74) is 10.1. The predicted molar refractivity (Wildman–Crippen MR) is 150 cm³/mol. The van der Waals surface area contributed by atoms with E-state index in [1.165, 1.54) is 17.1 Å². The molecule has 194 valence electrons. The van der Waals surface area contributed by atoms with E-state index in [9.17, 15) is 8.42 Å². The zero-order valence-electron chi connectivity index (χ0n) is 20.7. The minimum atomic E-state index is -3.27. The van der Waals surface area contributed by atoms with Crippen LogP contribution in [0.15, 0.2) is 48.5 Å². The molecule has 11 heteroatoms. The standard InChI is InChI=1S/C25H33ClN6O2S2/c1-30(2)22-10-4-19(5-11-22)18-23(20-6-8-21(27)9-7-20)24-28-25(35-29-24)31-13-15-32(16-14-31)36(33,34)17-3-12-26/h4-11,23H,3,12-18,27H2,1-2H3. The summed E-state index contributed by atoms with van der Waals surface area (Å²) < 4.78 is 31.3. The number of nitrogen functional groups attached to an aromatic ring is 1. The molecule has 4 rings (SSSR count). The van der Waals surface area contributed by atoms with Gasteiger partial charge in [-0.1, -0.05) is 24.3 Å². The molecule has 0 spiro atoms. The van der Waals surface area contributed by atoms with Crippen LogP contribution in [0.5, 0.6) is 0 Å². The number of hydrogen-bond donors (Lipinski definition) is 1. The van der Waals surface area contributed by atoms with Gasteiger partial charge in [0.1, 0.15) is 0 Å². The molecule has 1 aliphatic rings. The normalized spacial score (nSPS) is 15.7. The van der Waals surface area contributed by atoms with Crippen LogP contribution in [0.4, 0.5) is 16.5 Å². The SMILES string of the molecule is CN(C)c1ccc(CC(c2ccc(N)cc2)c2nsc(N3CCN(S(=O)(=O)CCCCl)CC3)n2)cc1. The summed E-state index contributed by atoms with van der Waals surface area (Å²) in [7, 11) is 0.794. The Hall–Kier alpha value is -2.40. The van der Waals surface area contributed by atoms with Crippen molar-refractivity contribution in [2.75, 3.05) is 67.4 Å². The van der Waals surface area contributed by atoms with Gasteiger partial charge in [0.15, 0.2) is 5.82 Å². The third-order valence-electron chi connectivity index (χ3n) is 6.41. The Morgan fingerprint density at radius 2 is 1.72 bits per heavy atom. The van der Waals surface area contributed by atoms with Gasteiger partial charge in [-0.15, -0.1) is 11.6 Å². The molecule has 0 bridgehead atoms. The lowest BCUT2D eigenvalue weighted by Crippen LogP contribution is -2.49. The second-order valence-electron chi connectivity index (χ2n) is 9.16. The number of benzene rings is 2. The summed E-state index contributed by atoms with van der Waals surface area (Å²) >= 11 is 7.06. The molecule has 1 fully saturated rings. The number of anilines is 3. The van der Waals surface area contributed by atoms with Crippen LogP contribution in [-0.2, 0) is 16.4 Å². The zero-order valence-corrected chi connectivity index (χ0v) is 23.1. The van der Waals surface area contributed by atoms with Crippen molar-refractivity contribution in [1.29, 1.82) is 0 Å². The van der Waals surface area contributed by atoms with Crippen molar-refractivity contribution in [2.24, 2.45) is 0 Å². The summed E-state index contributed by atoms with van der Waals surface area (Å²) in [6.45, 7) is 2.07. The van der Waals surface area contributed by atoms with E-state index in [1.54, 1.807) is 4.31 Å². The van der Waals surface area contributed by atoms with E-state index < -0.39 is 10.0 Å². The van der Waals surface area contributed by atoms with Gasteiger partial charge >= 0.3 is 0 Å². The van der Waals surface area contributed by atoms with Crippen molar-refractivity contribution in [3.8, 4) is 0 Å². The highest BCUT2D eigenvalue weighted by Gasteiger charge is 2.29. The Labute approximate surface area is 222 Å². The van der Waals surface area contributed by atoms with E-state index in [4.69, 9.17) is 26.7 Å². The lowest BCUT2D eigenvalue weighted by atomic mass is 9.91. The number of nitrogens with two attached hydrogens (primary N) is 1. The van der Waals surface area contributed by atoms with Gasteiger partial charge in [-0.05, 0) is 48.2 Å². The molecule has 1 atom stereocenters. The second kappa shape index (κ2) is 11.8. The molecular formula is C25H33ClN6O2S2. The van der Waals surface area contributed by atoms with Crippen LogP contribution in [0.2, 0.25) is 0 Å². The molecule has 2 N–H and O–H groups in total. The molecule has 1 aromatic heterocycles. The fourth-order valence-corrected chi connectivity index (χ4v) is 6.83. The smallest absolute Gasteiger partial charge is 0.214 e. The van der Waals surface area contributed by atoms with E-state index in [0.717, 1.165) is 34.3 Å². The van der Waals surface area contributed by atoms with Gasteiger partial charge in [-0.3, -0.25) is 0 Å². The average Bonchev–Trinajstić information content (AvgIpc) is 3.37. The summed E-state index contributed by atoms with van der Waals surface area (Å²) in [6.07, 6.45) is 1.23. The Bertz CT molecular complexity index is 1220. The molecule has 0 amide bonds. The number of nitrogens with zero attached hydrogens (tertiary/aromatic N) is 5. The molecule has 0 radical (unpaired) electrons. The highest BCUT2D eigenvalue weighted by Crippen LogP contribution is 2.31. The fourth-order valence-electron chi connectivity index (χ4n) is 4.27. The third kappa shape index (κ3) is 6.47. The number of halogens is 1. The molecule has 2 aromatic carbocycles. The second-order valence-corrected chi connectivity index (χ2v) is 12.4. The molecule has 2 heterocycles. The minimum absolute atomic E-state index is 0.0157. The number of aromatic nitrogens is 2. The molecule has 3 aromatic rings. The maximum absolute atomic E-state index is 12.5. The monoisotopic (exact) mass is 548 g/mol. The maximum atomic E-state index is 12.5. The van der Waals surface area contributed by atoms with Gasteiger partial charge in [0.25, 0.3) is 0 Å².